The highest BCUT2D eigenvalue weighted by molar-refractivity contribution is 9.10. The number of hydrogen-bond donors (Lipinski definition) is 1. The van der Waals surface area contributed by atoms with E-state index in [9.17, 15) is 4.39 Å². The Bertz CT molecular complexity index is 600. The molecular weight excluding hydrogens is 345 g/mol. The Morgan fingerprint density at radius 3 is 2.85 bits per heavy atom. The number of halogens is 3. The molecule has 0 saturated carbocycles. The molecule has 108 valence electrons. The van der Waals surface area contributed by atoms with Gasteiger partial charge in [-0.1, -0.05) is 17.7 Å². The van der Waals surface area contributed by atoms with Crippen LogP contribution < -0.4 is 5.32 Å². The highest BCUT2D eigenvalue weighted by Gasteiger charge is 2.19. The Balaban J connectivity index is 2.31. The maximum absolute atomic E-state index is 13.1. The Morgan fingerprint density at radius 2 is 2.25 bits per heavy atom. The van der Waals surface area contributed by atoms with Gasteiger partial charge in [0.2, 0.25) is 0 Å². The van der Waals surface area contributed by atoms with Gasteiger partial charge in [0.1, 0.15) is 5.82 Å². The quantitative estimate of drug-likeness (QED) is 0.874. The number of nitrogens with zero attached hydrogens (tertiary/aromatic N) is 2. The van der Waals surface area contributed by atoms with E-state index in [1.165, 1.54) is 12.1 Å². The third kappa shape index (κ3) is 3.22. The van der Waals surface area contributed by atoms with E-state index >= 15 is 0 Å². The largest absolute Gasteiger partial charge is 0.311 e. The van der Waals surface area contributed by atoms with Crippen LogP contribution in [0.4, 0.5) is 4.39 Å². The summed E-state index contributed by atoms with van der Waals surface area (Å²) in [6.45, 7) is 2.83. The van der Waals surface area contributed by atoms with Gasteiger partial charge in [0.05, 0.1) is 22.4 Å². The Kier molecular flexibility index (Phi) is 5.18. The van der Waals surface area contributed by atoms with Crippen LogP contribution in [0.2, 0.25) is 5.02 Å². The molecule has 2 rings (SSSR count). The minimum absolute atomic E-state index is 0.0507. The van der Waals surface area contributed by atoms with Crippen LogP contribution in [0.1, 0.15) is 24.2 Å². The first kappa shape index (κ1) is 15.5. The van der Waals surface area contributed by atoms with Crippen molar-refractivity contribution < 1.29 is 4.39 Å². The van der Waals surface area contributed by atoms with Crippen molar-refractivity contribution in [2.45, 2.75) is 25.9 Å². The molecule has 0 radical (unpaired) electrons. The average Bonchev–Trinajstić information content (AvgIpc) is 2.79. The van der Waals surface area contributed by atoms with Gasteiger partial charge in [-0.3, -0.25) is 4.68 Å². The topological polar surface area (TPSA) is 29.9 Å². The first-order chi connectivity index (χ1) is 9.56. The molecular formula is C14H16BrClFN3. The van der Waals surface area contributed by atoms with E-state index < -0.39 is 0 Å². The molecule has 0 aliphatic carbocycles. The summed E-state index contributed by atoms with van der Waals surface area (Å²) in [5.41, 5.74) is 1.97. The Labute approximate surface area is 131 Å². The minimum Gasteiger partial charge on any atom is -0.311 e. The molecule has 0 spiro atoms. The normalized spacial score (nSPS) is 12.7. The molecule has 0 amide bonds. The number of aryl methyl sites for hydroxylation is 1. The maximum Gasteiger partial charge on any atom is 0.124 e. The van der Waals surface area contributed by atoms with Crippen LogP contribution >= 0.6 is 27.5 Å². The molecule has 0 aliphatic rings. The van der Waals surface area contributed by atoms with Gasteiger partial charge in [0, 0.05) is 11.6 Å². The van der Waals surface area contributed by atoms with Gasteiger partial charge in [-0.05, 0) is 54.0 Å². The highest BCUT2D eigenvalue weighted by atomic mass is 79.9. The van der Waals surface area contributed by atoms with Crippen LogP contribution in [0.15, 0.2) is 28.9 Å². The Hall–Kier alpha value is -0.910. The third-order valence-electron chi connectivity index (χ3n) is 3.25. The highest BCUT2D eigenvalue weighted by Crippen LogP contribution is 2.28. The summed E-state index contributed by atoms with van der Waals surface area (Å²) in [6, 6.07) is 4.55. The van der Waals surface area contributed by atoms with Crippen LogP contribution in [-0.4, -0.2) is 16.8 Å². The summed E-state index contributed by atoms with van der Waals surface area (Å²) in [5, 5.41) is 8.03. The number of nitrogens with one attached hydrogen (secondary N) is 1. The molecule has 1 N–H and O–H groups in total. The molecule has 1 heterocycles. The summed E-state index contributed by atoms with van der Waals surface area (Å²) in [6.07, 6.45) is 2.45. The molecule has 1 aromatic carbocycles. The zero-order chi connectivity index (χ0) is 14.7. The van der Waals surface area contributed by atoms with Crippen LogP contribution in [-0.2, 0) is 13.0 Å². The third-order valence-corrected chi connectivity index (χ3v) is 4.21. The van der Waals surface area contributed by atoms with Crippen molar-refractivity contribution in [3.63, 3.8) is 0 Å². The molecule has 1 unspecified atom stereocenters. The van der Waals surface area contributed by atoms with Gasteiger partial charge < -0.3 is 5.32 Å². The van der Waals surface area contributed by atoms with Crippen molar-refractivity contribution in [3.05, 3.63) is 51.0 Å². The van der Waals surface area contributed by atoms with E-state index in [-0.39, 0.29) is 11.9 Å². The first-order valence-corrected chi connectivity index (χ1v) is 7.56. The zero-order valence-corrected chi connectivity index (χ0v) is 13.7. The monoisotopic (exact) mass is 359 g/mol. The second kappa shape index (κ2) is 6.70. The zero-order valence-electron chi connectivity index (χ0n) is 11.3. The van der Waals surface area contributed by atoms with Crippen LogP contribution in [0.3, 0.4) is 0 Å². The predicted molar refractivity (Wildman–Crippen MR) is 82.5 cm³/mol. The van der Waals surface area contributed by atoms with Crippen LogP contribution in [0.5, 0.6) is 0 Å². The molecule has 0 bridgehead atoms. The van der Waals surface area contributed by atoms with E-state index in [1.54, 1.807) is 12.3 Å². The van der Waals surface area contributed by atoms with Crippen LogP contribution in [0, 0.1) is 5.82 Å². The van der Waals surface area contributed by atoms with Gasteiger partial charge >= 0.3 is 0 Å². The number of benzene rings is 1. The second-order valence-corrected chi connectivity index (χ2v) is 5.74. The summed E-state index contributed by atoms with van der Waals surface area (Å²) in [4.78, 5) is 0. The van der Waals surface area contributed by atoms with Gasteiger partial charge in [-0.15, -0.1) is 0 Å². The predicted octanol–water partition coefficient (Wildman–Crippen LogP) is 3.96. The number of hydrogen-bond acceptors (Lipinski definition) is 2. The van der Waals surface area contributed by atoms with Crippen molar-refractivity contribution in [1.29, 1.82) is 0 Å². The molecule has 20 heavy (non-hydrogen) atoms. The molecule has 0 fully saturated rings. The smallest absolute Gasteiger partial charge is 0.124 e. The molecule has 6 heteroatoms. The van der Waals surface area contributed by atoms with Crippen LogP contribution in [0.25, 0.3) is 0 Å². The van der Waals surface area contributed by atoms with E-state index in [4.69, 9.17) is 11.6 Å². The number of likely N-dealkylation sites (N-methyl/N-ethyl adjacent to an activating group) is 1. The molecule has 1 atom stereocenters. The fraction of sp³-hybridized carbons (Fsp3) is 0.357. The lowest BCUT2D eigenvalue weighted by molar-refractivity contribution is 0.511. The second-order valence-electron chi connectivity index (χ2n) is 4.47. The lowest BCUT2D eigenvalue weighted by Gasteiger charge is -2.19. The molecule has 0 saturated heterocycles. The van der Waals surface area contributed by atoms with E-state index in [0.29, 0.717) is 11.4 Å². The summed E-state index contributed by atoms with van der Waals surface area (Å²) >= 11 is 9.63. The minimum atomic E-state index is -0.320. The number of aromatic nitrogens is 2. The fourth-order valence-corrected chi connectivity index (χ4v) is 3.03. The van der Waals surface area contributed by atoms with Gasteiger partial charge in [0.15, 0.2) is 0 Å². The maximum atomic E-state index is 13.1. The van der Waals surface area contributed by atoms with E-state index in [0.717, 1.165) is 22.3 Å². The van der Waals surface area contributed by atoms with E-state index in [1.807, 2.05) is 18.7 Å². The Morgan fingerprint density at radius 1 is 1.50 bits per heavy atom. The molecule has 3 nitrogen and oxygen atoms in total. The fourth-order valence-electron chi connectivity index (χ4n) is 2.21. The molecule has 1 aromatic heterocycles. The summed E-state index contributed by atoms with van der Waals surface area (Å²) < 4.78 is 16.0. The molecule has 2 aromatic rings. The average molecular weight is 361 g/mol. The van der Waals surface area contributed by atoms with Crippen molar-refractivity contribution >= 4 is 27.5 Å². The SMILES string of the molecule is CCn1ncc(Br)c1C(Cc1ccc(F)cc1Cl)NC. The molecule has 0 aliphatic heterocycles. The summed E-state index contributed by atoms with van der Waals surface area (Å²) in [7, 11) is 1.89. The summed E-state index contributed by atoms with van der Waals surface area (Å²) in [5.74, 6) is -0.320. The van der Waals surface area contributed by atoms with Crippen molar-refractivity contribution in [2.24, 2.45) is 0 Å². The van der Waals surface area contributed by atoms with Crippen molar-refractivity contribution in [1.82, 2.24) is 15.1 Å². The lowest BCUT2D eigenvalue weighted by Crippen LogP contribution is -2.23. The van der Waals surface area contributed by atoms with Crippen molar-refractivity contribution in [3.8, 4) is 0 Å². The van der Waals surface area contributed by atoms with Crippen molar-refractivity contribution in [2.75, 3.05) is 7.05 Å². The van der Waals surface area contributed by atoms with Gasteiger partial charge in [0.25, 0.3) is 0 Å². The number of rotatable bonds is 5. The first-order valence-electron chi connectivity index (χ1n) is 6.39. The van der Waals surface area contributed by atoms with E-state index in [2.05, 4.69) is 26.3 Å². The van der Waals surface area contributed by atoms with Gasteiger partial charge in [-0.25, -0.2) is 4.39 Å². The van der Waals surface area contributed by atoms with Gasteiger partial charge in [-0.2, -0.15) is 5.10 Å². The lowest BCUT2D eigenvalue weighted by atomic mass is 10.0. The standard InChI is InChI=1S/C14H16BrClFN3/c1-3-20-14(11(15)8-19-20)13(18-2)6-9-4-5-10(17)7-12(9)16/h4-5,7-8,13,18H,3,6H2,1-2H3.